The first-order valence-electron chi connectivity index (χ1n) is 9.09. The minimum Gasteiger partial charge on any atom is -0.361 e. The Morgan fingerprint density at radius 3 is 2.52 bits per heavy atom. The van der Waals surface area contributed by atoms with Gasteiger partial charge in [-0.3, -0.25) is 9.59 Å². The molecule has 0 saturated carbocycles. The number of hydrogen-bond donors (Lipinski definition) is 2. The number of nitrogens with zero attached hydrogens (tertiary/aromatic N) is 1. The predicted molar refractivity (Wildman–Crippen MR) is 99.3 cm³/mol. The fourth-order valence-electron chi connectivity index (χ4n) is 3.77. The Labute approximate surface area is 148 Å². The molecule has 2 heterocycles. The number of aromatic nitrogens is 1. The molecule has 0 bridgehead atoms. The lowest BCUT2D eigenvalue weighted by Crippen LogP contribution is -2.52. The molecule has 5 heteroatoms. The molecule has 25 heavy (non-hydrogen) atoms. The van der Waals surface area contributed by atoms with Crippen LogP contribution in [0.25, 0.3) is 10.9 Å². The molecule has 2 amide bonds. The van der Waals surface area contributed by atoms with Crippen molar-refractivity contribution < 1.29 is 9.59 Å². The molecule has 1 aliphatic rings. The number of hydrogen-bond acceptors (Lipinski definition) is 2. The summed E-state index contributed by atoms with van der Waals surface area (Å²) < 4.78 is 0. The smallest absolute Gasteiger partial charge is 0.245 e. The Morgan fingerprint density at radius 2 is 1.88 bits per heavy atom. The average molecular weight is 341 g/mol. The standard InChI is InChI=1S/C20H27N3O2/c1-13(2)19(22-14(3)24)20(25)23-10-8-15(9-11-23)17-12-21-18-7-5-4-6-16(17)18/h4-7,12-13,15,19,21H,8-11H2,1-3H3,(H,22,24)/t19-/m1/s1. The van der Waals surface area contributed by atoms with Crippen molar-refractivity contribution in [1.29, 1.82) is 0 Å². The molecule has 0 aliphatic carbocycles. The second-order valence-electron chi connectivity index (χ2n) is 7.31. The summed E-state index contributed by atoms with van der Waals surface area (Å²) in [6.07, 6.45) is 4.03. The lowest BCUT2D eigenvalue weighted by molar-refractivity contribution is -0.138. The van der Waals surface area contributed by atoms with E-state index in [0.717, 1.165) is 25.9 Å². The van der Waals surface area contributed by atoms with Crippen molar-refractivity contribution in [3.63, 3.8) is 0 Å². The second kappa shape index (κ2) is 7.30. The van der Waals surface area contributed by atoms with Crippen molar-refractivity contribution >= 4 is 22.7 Å². The van der Waals surface area contributed by atoms with Gasteiger partial charge in [-0.2, -0.15) is 0 Å². The number of carbonyl (C=O) groups excluding carboxylic acids is 2. The maximum absolute atomic E-state index is 12.8. The molecule has 2 N–H and O–H groups in total. The van der Waals surface area contributed by atoms with Crippen LogP contribution >= 0.6 is 0 Å². The van der Waals surface area contributed by atoms with Crippen molar-refractivity contribution in [2.45, 2.75) is 45.6 Å². The summed E-state index contributed by atoms with van der Waals surface area (Å²) in [6.45, 7) is 6.89. The predicted octanol–water partition coefficient (Wildman–Crippen LogP) is 3.03. The monoisotopic (exact) mass is 341 g/mol. The molecule has 0 unspecified atom stereocenters. The zero-order valence-corrected chi connectivity index (χ0v) is 15.2. The third-order valence-corrected chi connectivity index (χ3v) is 5.16. The first kappa shape index (κ1) is 17.5. The molecule has 0 radical (unpaired) electrons. The van der Waals surface area contributed by atoms with Crippen LogP contribution in [0.4, 0.5) is 0 Å². The number of benzene rings is 1. The Kier molecular flexibility index (Phi) is 5.11. The van der Waals surface area contributed by atoms with Crippen LogP contribution in [0.5, 0.6) is 0 Å². The maximum atomic E-state index is 12.8. The van der Waals surface area contributed by atoms with Gasteiger partial charge in [0.15, 0.2) is 0 Å². The lowest BCUT2D eigenvalue weighted by atomic mass is 9.88. The lowest BCUT2D eigenvalue weighted by Gasteiger charge is -2.35. The molecule has 1 saturated heterocycles. The molecule has 1 fully saturated rings. The Bertz CT molecular complexity index is 757. The number of rotatable bonds is 4. The fraction of sp³-hybridized carbons (Fsp3) is 0.500. The number of nitrogens with one attached hydrogen (secondary N) is 2. The minimum absolute atomic E-state index is 0.0441. The number of piperidine rings is 1. The topological polar surface area (TPSA) is 65.2 Å². The summed E-state index contributed by atoms with van der Waals surface area (Å²) in [5.74, 6) is 0.449. The highest BCUT2D eigenvalue weighted by atomic mass is 16.2. The Balaban J connectivity index is 1.67. The molecule has 0 spiro atoms. The van der Waals surface area contributed by atoms with Crippen LogP contribution in [0.2, 0.25) is 0 Å². The van der Waals surface area contributed by atoms with Gasteiger partial charge in [0.25, 0.3) is 0 Å². The summed E-state index contributed by atoms with van der Waals surface area (Å²) in [5, 5.41) is 4.09. The van der Waals surface area contributed by atoms with E-state index in [0.29, 0.717) is 5.92 Å². The molecular formula is C20H27N3O2. The molecule has 5 nitrogen and oxygen atoms in total. The summed E-state index contributed by atoms with van der Waals surface area (Å²) in [5.41, 5.74) is 2.52. The quantitative estimate of drug-likeness (QED) is 0.898. The van der Waals surface area contributed by atoms with Crippen molar-refractivity contribution in [3.8, 4) is 0 Å². The van der Waals surface area contributed by atoms with E-state index >= 15 is 0 Å². The maximum Gasteiger partial charge on any atom is 0.245 e. The molecule has 1 aliphatic heterocycles. The largest absolute Gasteiger partial charge is 0.361 e. The molecule has 3 rings (SSSR count). The van der Waals surface area contributed by atoms with Crippen molar-refractivity contribution in [1.82, 2.24) is 15.2 Å². The summed E-state index contributed by atoms with van der Waals surface area (Å²) in [6, 6.07) is 7.93. The molecule has 2 aromatic rings. The molecule has 1 atom stereocenters. The van der Waals surface area contributed by atoms with E-state index < -0.39 is 6.04 Å². The zero-order chi connectivity index (χ0) is 18.0. The van der Waals surface area contributed by atoms with Gasteiger partial charge in [-0.1, -0.05) is 32.0 Å². The van der Waals surface area contributed by atoms with Gasteiger partial charge < -0.3 is 15.2 Å². The van der Waals surface area contributed by atoms with E-state index in [4.69, 9.17) is 0 Å². The summed E-state index contributed by atoms with van der Waals surface area (Å²) >= 11 is 0. The average Bonchev–Trinajstić information content (AvgIpc) is 3.03. The van der Waals surface area contributed by atoms with Crippen molar-refractivity contribution in [2.24, 2.45) is 5.92 Å². The van der Waals surface area contributed by atoms with E-state index in [1.165, 1.54) is 23.4 Å². The Morgan fingerprint density at radius 1 is 1.20 bits per heavy atom. The third-order valence-electron chi connectivity index (χ3n) is 5.16. The van der Waals surface area contributed by atoms with Crippen LogP contribution in [0, 0.1) is 5.92 Å². The van der Waals surface area contributed by atoms with Gasteiger partial charge in [0.05, 0.1) is 0 Å². The van der Waals surface area contributed by atoms with Gasteiger partial charge in [0, 0.05) is 37.1 Å². The molecular weight excluding hydrogens is 314 g/mol. The number of para-hydroxylation sites is 1. The van der Waals surface area contributed by atoms with E-state index in [-0.39, 0.29) is 17.7 Å². The highest BCUT2D eigenvalue weighted by molar-refractivity contribution is 5.87. The zero-order valence-electron chi connectivity index (χ0n) is 15.2. The normalized spacial score (nSPS) is 17.0. The van der Waals surface area contributed by atoms with Crippen LogP contribution in [0.15, 0.2) is 30.5 Å². The van der Waals surface area contributed by atoms with Gasteiger partial charge in [-0.05, 0) is 36.3 Å². The number of amides is 2. The summed E-state index contributed by atoms with van der Waals surface area (Å²) in [7, 11) is 0. The number of likely N-dealkylation sites (tertiary alicyclic amines) is 1. The van der Waals surface area contributed by atoms with Crippen molar-refractivity contribution in [2.75, 3.05) is 13.1 Å². The minimum atomic E-state index is -0.429. The number of H-pyrrole nitrogens is 1. The second-order valence-corrected chi connectivity index (χ2v) is 7.31. The van der Waals surface area contributed by atoms with Crippen LogP contribution in [0.3, 0.4) is 0 Å². The highest BCUT2D eigenvalue weighted by Gasteiger charge is 2.31. The molecule has 134 valence electrons. The van der Waals surface area contributed by atoms with Gasteiger partial charge in [0.1, 0.15) is 6.04 Å². The highest BCUT2D eigenvalue weighted by Crippen LogP contribution is 2.33. The Hall–Kier alpha value is -2.30. The van der Waals surface area contributed by atoms with E-state index in [1.54, 1.807) is 0 Å². The van der Waals surface area contributed by atoms with Crippen LogP contribution in [-0.2, 0) is 9.59 Å². The number of aromatic amines is 1. The van der Waals surface area contributed by atoms with Gasteiger partial charge in [0.2, 0.25) is 11.8 Å². The van der Waals surface area contributed by atoms with Crippen LogP contribution in [0.1, 0.15) is 45.1 Å². The summed E-state index contributed by atoms with van der Waals surface area (Å²) in [4.78, 5) is 29.4. The van der Waals surface area contributed by atoms with Gasteiger partial charge in [-0.25, -0.2) is 0 Å². The van der Waals surface area contributed by atoms with Crippen LogP contribution in [-0.4, -0.2) is 40.8 Å². The first-order valence-corrected chi connectivity index (χ1v) is 9.09. The third kappa shape index (κ3) is 3.70. The van der Waals surface area contributed by atoms with E-state index in [9.17, 15) is 9.59 Å². The van der Waals surface area contributed by atoms with Crippen molar-refractivity contribution in [3.05, 3.63) is 36.0 Å². The first-order chi connectivity index (χ1) is 12.0. The van der Waals surface area contributed by atoms with Gasteiger partial charge >= 0.3 is 0 Å². The van der Waals surface area contributed by atoms with Gasteiger partial charge in [-0.15, -0.1) is 0 Å². The molecule has 1 aromatic carbocycles. The number of carbonyl (C=O) groups is 2. The fourth-order valence-corrected chi connectivity index (χ4v) is 3.77. The van der Waals surface area contributed by atoms with E-state index in [2.05, 4.69) is 34.7 Å². The number of fused-ring (bicyclic) bond motifs is 1. The molecule has 1 aromatic heterocycles. The SMILES string of the molecule is CC(=O)N[C@@H](C(=O)N1CCC(c2c[nH]c3ccccc23)CC1)C(C)C. The van der Waals surface area contributed by atoms with Crippen LogP contribution < -0.4 is 5.32 Å². The van der Waals surface area contributed by atoms with E-state index in [1.807, 2.05) is 24.8 Å².